The number of hydrogen-bond acceptors (Lipinski definition) is 5. The Labute approximate surface area is 177 Å². The van der Waals surface area contributed by atoms with Gasteiger partial charge in [-0.05, 0) is 61.5 Å². The van der Waals surface area contributed by atoms with Gasteiger partial charge in [-0.25, -0.2) is 0 Å². The van der Waals surface area contributed by atoms with Gasteiger partial charge in [-0.15, -0.1) is 0 Å². The van der Waals surface area contributed by atoms with Gasteiger partial charge in [0.2, 0.25) is 4.77 Å². The maximum Gasteiger partial charge on any atom is 0.216 e. The van der Waals surface area contributed by atoms with Gasteiger partial charge in [0.25, 0.3) is 0 Å². The Morgan fingerprint density at radius 2 is 1.96 bits per heavy atom. The molecule has 2 aromatic carbocycles. The average Bonchev–Trinajstić information content (AvgIpc) is 2.99. The first-order valence-electron chi connectivity index (χ1n) is 8.50. The minimum Gasteiger partial charge on any atom is -0.490 e. The summed E-state index contributed by atoms with van der Waals surface area (Å²) < 4.78 is 13.6. The summed E-state index contributed by atoms with van der Waals surface area (Å²) in [7, 11) is 0. The number of nitrogens with zero attached hydrogens (tertiary/aromatic N) is 3. The number of benzene rings is 2. The van der Waals surface area contributed by atoms with E-state index in [2.05, 4.69) is 15.3 Å². The Balaban J connectivity index is 1.85. The van der Waals surface area contributed by atoms with Crippen molar-refractivity contribution in [1.82, 2.24) is 14.9 Å². The molecule has 0 atom stereocenters. The number of nitrogens with one attached hydrogen (secondary N) is 1. The molecule has 0 saturated heterocycles. The van der Waals surface area contributed by atoms with Crippen molar-refractivity contribution in [2.45, 2.75) is 20.5 Å². The monoisotopic (exact) mass is 436 g/mol. The van der Waals surface area contributed by atoms with Crippen molar-refractivity contribution in [1.29, 1.82) is 0 Å². The number of halogens is 2. The lowest BCUT2D eigenvalue weighted by atomic mass is 10.2. The van der Waals surface area contributed by atoms with Gasteiger partial charge in [-0.3, -0.25) is 5.10 Å². The predicted molar refractivity (Wildman–Crippen MR) is 114 cm³/mol. The van der Waals surface area contributed by atoms with Crippen molar-refractivity contribution >= 4 is 41.6 Å². The summed E-state index contributed by atoms with van der Waals surface area (Å²) >= 11 is 17.5. The summed E-state index contributed by atoms with van der Waals surface area (Å²) in [6.07, 6.45) is 1.63. The molecule has 0 aliphatic heterocycles. The highest BCUT2D eigenvalue weighted by molar-refractivity contribution is 7.71. The topological polar surface area (TPSA) is 64.4 Å². The highest BCUT2D eigenvalue weighted by Gasteiger charge is 2.13. The fourth-order valence-corrected chi connectivity index (χ4v) is 3.06. The zero-order valence-electron chi connectivity index (χ0n) is 15.3. The summed E-state index contributed by atoms with van der Waals surface area (Å²) in [5.74, 6) is 1.67. The van der Waals surface area contributed by atoms with Crippen molar-refractivity contribution in [3.05, 3.63) is 68.2 Å². The van der Waals surface area contributed by atoms with Gasteiger partial charge in [0.05, 0.1) is 17.8 Å². The lowest BCUT2D eigenvalue weighted by Gasteiger charge is -2.14. The van der Waals surface area contributed by atoms with E-state index >= 15 is 0 Å². The van der Waals surface area contributed by atoms with Crippen molar-refractivity contribution in [3.8, 4) is 11.5 Å². The zero-order valence-corrected chi connectivity index (χ0v) is 17.6. The van der Waals surface area contributed by atoms with Crippen LogP contribution in [-0.2, 0) is 6.61 Å². The lowest BCUT2D eigenvalue weighted by molar-refractivity contribution is 0.269. The van der Waals surface area contributed by atoms with Crippen LogP contribution < -0.4 is 9.47 Å². The normalized spacial score (nSPS) is 11.1. The molecule has 0 amide bonds. The second kappa shape index (κ2) is 9.23. The molecule has 0 fully saturated rings. The van der Waals surface area contributed by atoms with Crippen LogP contribution in [-0.4, -0.2) is 27.7 Å². The van der Waals surface area contributed by atoms with Crippen LogP contribution in [0.15, 0.2) is 41.5 Å². The summed E-state index contributed by atoms with van der Waals surface area (Å²) in [4.78, 5) is 0. The first-order valence-corrected chi connectivity index (χ1v) is 9.66. The molecule has 1 heterocycles. The maximum absolute atomic E-state index is 6.45. The molecule has 0 unspecified atom stereocenters. The minimum absolute atomic E-state index is 0.341. The fourth-order valence-electron chi connectivity index (χ4n) is 2.43. The quantitative estimate of drug-likeness (QED) is 0.396. The molecule has 28 heavy (non-hydrogen) atoms. The third kappa shape index (κ3) is 4.92. The third-order valence-electron chi connectivity index (χ3n) is 3.76. The number of H-pyrrole nitrogens is 1. The molecule has 146 valence electrons. The van der Waals surface area contributed by atoms with E-state index in [1.165, 1.54) is 4.68 Å². The molecular formula is C19H18Cl2N4O2S. The number of aryl methyl sites for hydroxylation is 1. The summed E-state index contributed by atoms with van der Waals surface area (Å²) in [6.45, 7) is 4.51. The van der Waals surface area contributed by atoms with Crippen LogP contribution in [0.1, 0.15) is 23.9 Å². The minimum atomic E-state index is 0.341. The molecule has 0 bridgehead atoms. The van der Waals surface area contributed by atoms with Crippen molar-refractivity contribution < 1.29 is 9.47 Å². The second-order valence-electron chi connectivity index (χ2n) is 5.81. The van der Waals surface area contributed by atoms with Gasteiger partial charge in [0.15, 0.2) is 11.5 Å². The molecule has 0 spiro atoms. The van der Waals surface area contributed by atoms with Crippen LogP contribution in [0, 0.1) is 11.7 Å². The van der Waals surface area contributed by atoms with E-state index in [0.717, 1.165) is 11.1 Å². The van der Waals surface area contributed by atoms with Gasteiger partial charge >= 0.3 is 0 Å². The Kier molecular flexibility index (Phi) is 6.72. The molecule has 3 rings (SSSR count). The van der Waals surface area contributed by atoms with E-state index in [1.807, 2.05) is 37.3 Å². The molecule has 1 N–H and O–H groups in total. The van der Waals surface area contributed by atoms with E-state index < -0.39 is 0 Å². The van der Waals surface area contributed by atoms with Gasteiger partial charge in [-0.2, -0.15) is 14.9 Å². The first-order chi connectivity index (χ1) is 13.5. The van der Waals surface area contributed by atoms with Crippen LogP contribution in [0.3, 0.4) is 0 Å². The molecule has 0 aliphatic carbocycles. The van der Waals surface area contributed by atoms with Gasteiger partial charge < -0.3 is 9.47 Å². The SMILES string of the molecule is CCOc1cc(/C=N\n2c(C)n[nH]c2=S)cc(Cl)c1OCc1ccc(Cl)cc1. The largest absolute Gasteiger partial charge is 0.490 e. The fraction of sp³-hybridized carbons (Fsp3) is 0.211. The van der Waals surface area contributed by atoms with E-state index in [-0.39, 0.29) is 0 Å². The Hall–Kier alpha value is -2.35. The van der Waals surface area contributed by atoms with Crippen molar-refractivity contribution in [2.75, 3.05) is 6.61 Å². The third-order valence-corrected chi connectivity index (χ3v) is 4.56. The maximum atomic E-state index is 6.45. The lowest BCUT2D eigenvalue weighted by Crippen LogP contribution is -2.02. The van der Waals surface area contributed by atoms with Crippen LogP contribution >= 0.6 is 35.4 Å². The van der Waals surface area contributed by atoms with Crippen LogP contribution in [0.5, 0.6) is 11.5 Å². The summed E-state index contributed by atoms with van der Waals surface area (Å²) in [6, 6.07) is 11.0. The first kappa shape index (κ1) is 20.4. The Morgan fingerprint density at radius 3 is 2.61 bits per heavy atom. The van der Waals surface area contributed by atoms with E-state index in [1.54, 1.807) is 19.2 Å². The molecular weight excluding hydrogens is 419 g/mol. The average molecular weight is 437 g/mol. The number of aromatic amines is 1. The molecule has 0 saturated carbocycles. The molecule has 9 heteroatoms. The number of hydrogen-bond donors (Lipinski definition) is 1. The van der Waals surface area contributed by atoms with Gasteiger partial charge in [0, 0.05) is 5.02 Å². The number of aromatic nitrogens is 3. The zero-order chi connectivity index (χ0) is 20.1. The highest BCUT2D eigenvalue weighted by atomic mass is 35.5. The van der Waals surface area contributed by atoms with Crippen LogP contribution in [0.2, 0.25) is 10.0 Å². The number of rotatable bonds is 7. The smallest absolute Gasteiger partial charge is 0.216 e. The molecule has 0 radical (unpaired) electrons. The molecule has 3 aromatic rings. The molecule has 1 aromatic heterocycles. The van der Waals surface area contributed by atoms with E-state index in [9.17, 15) is 0 Å². The molecule has 6 nitrogen and oxygen atoms in total. The summed E-state index contributed by atoms with van der Waals surface area (Å²) in [5.41, 5.74) is 1.72. The van der Waals surface area contributed by atoms with Gasteiger partial charge in [-0.1, -0.05) is 35.3 Å². The molecule has 0 aliphatic rings. The van der Waals surface area contributed by atoms with Crippen LogP contribution in [0.25, 0.3) is 0 Å². The van der Waals surface area contributed by atoms with E-state index in [0.29, 0.717) is 45.4 Å². The Bertz CT molecular complexity index is 1050. The number of ether oxygens (including phenoxy) is 2. The highest BCUT2D eigenvalue weighted by Crippen LogP contribution is 2.37. The summed E-state index contributed by atoms with van der Waals surface area (Å²) in [5, 5.41) is 12.1. The van der Waals surface area contributed by atoms with E-state index in [4.69, 9.17) is 44.9 Å². The van der Waals surface area contributed by atoms with Crippen molar-refractivity contribution in [2.24, 2.45) is 5.10 Å². The van der Waals surface area contributed by atoms with Gasteiger partial charge in [0.1, 0.15) is 12.4 Å². The van der Waals surface area contributed by atoms with Crippen molar-refractivity contribution in [3.63, 3.8) is 0 Å². The Morgan fingerprint density at radius 1 is 1.21 bits per heavy atom. The standard InChI is InChI=1S/C19H18Cl2N4O2S/c1-3-26-17-9-14(10-22-25-12(2)23-24-19(25)28)8-16(21)18(17)27-11-13-4-6-15(20)7-5-13/h4-10H,3,11H2,1-2H3,(H,24,28)/b22-10-. The second-order valence-corrected chi connectivity index (χ2v) is 7.04. The predicted octanol–water partition coefficient (Wildman–Crippen LogP) is 5.42. The van der Waals surface area contributed by atoms with Crippen LogP contribution in [0.4, 0.5) is 0 Å².